The summed E-state index contributed by atoms with van der Waals surface area (Å²) in [6, 6.07) is 12.8. The van der Waals surface area contributed by atoms with Crippen LogP contribution in [0.2, 0.25) is 0 Å². The molecule has 6 nitrogen and oxygen atoms in total. The first-order valence-corrected chi connectivity index (χ1v) is 6.76. The number of ether oxygens (including phenoxy) is 1. The van der Waals surface area contributed by atoms with E-state index >= 15 is 0 Å². The van der Waals surface area contributed by atoms with Crippen LogP contribution in [0.25, 0.3) is 0 Å². The van der Waals surface area contributed by atoms with E-state index in [1.165, 1.54) is 18.2 Å². The first kappa shape index (κ1) is 13.3. The van der Waals surface area contributed by atoms with Crippen LogP contribution >= 0.6 is 0 Å². The van der Waals surface area contributed by atoms with Gasteiger partial charge in [0.05, 0.1) is 5.69 Å². The maximum absolute atomic E-state index is 11.3. The molecular formula is C12H12N2O4S. The van der Waals surface area contributed by atoms with Crippen LogP contribution < -0.4 is 16.0 Å². The summed E-state index contributed by atoms with van der Waals surface area (Å²) in [6.45, 7) is 0. The zero-order valence-corrected chi connectivity index (χ0v) is 10.6. The predicted octanol–water partition coefficient (Wildman–Crippen LogP) is 2.01. The zero-order valence-electron chi connectivity index (χ0n) is 9.78. The van der Waals surface area contributed by atoms with Crippen LogP contribution in [-0.2, 0) is 10.1 Å². The average molecular weight is 280 g/mol. The summed E-state index contributed by atoms with van der Waals surface area (Å²) in [5.41, 5.74) is 2.64. The van der Waals surface area contributed by atoms with Crippen molar-refractivity contribution in [3.05, 3.63) is 48.5 Å². The third-order valence-corrected chi connectivity index (χ3v) is 3.23. The first-order valence-electron chi connectivity index (χ1n) is 5.32. The Hall–Kier alpha value is -2.09. The van der Waals surface area contributed by atoms with Crippen LogP contribution in [0.5, 0.6) is 11.5 Å². The number of benzene rings is 2. The molecule has 0 unspecified atom stereocenters. The standard InChI is InChI=1S/C12H12N2O4S/c13-14-9-6-7-11(12(8-9)19(15,16)17)18-10-4-2-1-3-5-10/h1-8,14H,13H2,(H,15,16,17). The van der Waals surface area contributed by atoms with Crippen molar-refractivity contribution < 1.29 is 17.7 Å². The smallest absolute Gasteiger partial charge is 0.298 e. The van der Waals surface area contributed by atoms with E-state index in [0.717, 1.165) is 0 Å². The number of hydrogen-bond donors (Lipinski definition) is 3. The molecule has 0 amide bonds. The second-order valence-corrected chi connectivity index (χ2v) is 5.09. The lowest BCUT2D eigenvalue weighted by Gasteiger charge is -2.10. The van der Waals surface area contributed by atoms with Gasteiger partial charge >= 0.3 is 0 Å². The minimum Gasteiger partial charge on any atom is -0.456 e. The number of hydrazine groups is 1. The van der Waals surface area contributed by atoms with Crippen molar-refractivity contribution in [1.82, 2.24) is 0 Å². The van der Waals surface area contributed by atoms with E-state index in [1.54, 1.807) is 30.3 Å². The van der Waals surface area contributed by atoms with Crippen LogP contribution in [0.1, 0.15) is 0 Å². The molecule has 0 heterocycles. The van der Waals surface area contributed by atoms with Crippen molar-refractivity contribution in [1.29, 1.82) is 0 Å². The summed E-state index contributed by atoms with van der Waals surface area (Å²) < 4.78 is 37.3. The van der Waals surface area contributed by atoms with Crippen LogP contribution in [0.3, 0.4) is 0 Å². The lowest BCUT2D eigenvalue weighted by atomic mass is 10.3. The molecule has 0 bridgehead atoms. The van der Waals surface area contributed by atoms with E-state index in [0.29, 0.717) is 11.4 Å². The summed E-state index contributed by atoms with van der Waals surface area (Å²) in [7, 11) is -4.41. The Balaban J connectivity index is 2.46. The van der Waals surface area contributed by atoms with Gasteiger partial charge in [0, 0.05) is 0 Å². The Kier molecular flexibility index (Phi) is 3.70. The Morgan fingerprint density at radius 2 is 1.79 bits per heavy atom. The molecular weight excluding hydrogens is 268 g/mol. The summed E-state index contributed by atoms with van der Waals surface area (Å²) in [4.78, 5) is -0.355. The summed E-state index contributed by atoms with van der Waals surface area (Å²) in [6.07, 6.45) is 0. The van der Waals surface area contributed by atoms with Crippen molar-refractivity contribution in [2.24, 2.45) is 5.84 Å². The predicted molar refractivity (Wildman–Crippen MR) is 70.6 cm³/mol. The molecule has 19 heavy (non-hydrogen) atoms. The van der Waals surface area contributed by atoms with Crippen molar-refractivity contribution in [2.45, 2.75) is 4.90 Å². The van der Waals surface area contributed by atoms with E-state index in [-0.39, 0.29) is 10.6 Å². The fourth-order valence-electron chi connectivity index (χ4n) is 1.50. The Morgan fingerprint density at radius 3 is 2.37 bits per heavy atom. The molecule has 7 heteroatoms. The van der Waals surface area contributed by atoms with Crippen molar-refractivity contribution in [3.63, 3.8) is 0 Å². The minimum atomic E-state index is -4.41. The van der Waals surface area contributed by atoms with Crippen LogP contribution in [-0.4, -0.2) is 13.0 Å². The van der Waals surface area contributed by atoms with Crippen LogP contribution in [0.4, 0.5) is 5.69 Å². The quantitative estimate of drug-likeness (QED) is 0.450. The van der Waals surface area contributed by atoms with Gasteiger partial charge in [-0.2, -0.15) is 8.42 Å². The minimum absolute atomic E-state index is 0.0210. The Morgan fingerprint density at radius 1 is 1.11 bits per heavy atom. The SMILES string of the molecule is NNc1ccc(Oc2ccccc2)c(S(=O)(=O)O)c1. The highest BCUT2D eigenvalue weighted by atomic mass is 32.2. The molecule has 2 aromatic carbocycles. The highest BCUT2D eigenvalue weighted by Crippen LogP contribution is 2.30. The molecule has 2 rings (SSSR count). The number of rotatable bonds is 4. The summed E-state index contributed by atoms with van der Waals surface area (Å²) >= 11 is 0. The third kappa shape index (κ3) is 3.22. The van der Waals surface area contributed by atoms with Gasteiger partial charge in [-0.05, 0) is 30.3 Å². The van der Waals surface area contributed by atoms with Crippen molar-refractivity contribution in [3.8, 4) is 11.5 Å². The van der Waals surface area contributed by atoms with Crippen molar-refractivity contribution >= 4 is 15.8 Å². The van der Waals surface area contributed by atoms with Crippen molar-refractivity contribution in [2.75, 3.05) is 5.43 Å². The number of para-hydroxylation sites is 1. The molecule has 100 valence electrons. The Labute approximate surface area is 110 Å². The molecule has 0 atom stereocenters. The molecule has 0 fully saturated rings. The fourth-order valence-corrected chi connectivity index (χ4v) is 2.14. The van der Waals surface area contributed by atoms with Gasteiger partial charge in [-0.25, -0.2) is 0 Å². The topological polar surface area (TPSA) is 102 Å². The number of hydrogen-bond acceptors (Lipinski definition) is 5. The van der Waals surface area contributed by atoms with Gasteiger partial charge in [-0.15, -0.1) is 0 Å². The van der Waals surface area contributed by atoms with E-state index in [4.69, 9.17) is 10.6 Å². The van der Waals surface area contributed by atoms with E-state index in [2.05, 4.69) is 5.43 Å². The monoisotopic (exact) mass is 280 g/mol. The van der Waals surface area contributed by atoms with Gasteiger partial charge in [0.1, 0.15) is 16.4 Å². The largest absolute Gasteiger partial charge is 0.456 e. The van der Waals surface area contributed by atoms with Crippen LogP contribution in [0, 0.1) is 0 Å². The lowest BCUT2D eigenvalue weighted by molar-refractivity contribution is 0.450. The van der Waals surface area contributed by atoms with Crippen LogP contribution in [0.15, 0.2) is 53.4 Å². The van der Waals surface area contributed by atoms with Gasteiger partial charge in [0.25, 0.3) is 10.1 Å². The average Bonchev–Trinajstić information content (AvgIpc) is 2.39. The van der Waals surface area contributed by atoms with Gasteiger partial charge in [0.2, 0.25) is 0 Å². The van der Waals surface area contributed by atoms with Gasteiger partial charge in [-0.1, -0.05) is 18.2 Å². The highest BCUT2D eigenvalue weighted by molar-refractivity contribution is 7.86. The molecule has 0 radical (unpaired) electrons. The maximum Gasteiger partial charge on any atom is 0.298 e. The van der Waals surface area contributed by atoms with Gasteiger partial charge in [-0.3, -0.25) is 10.4 Å². The summed E-state index contributed by atoms with van der Waals surface area (Å²) in [5.74, 6) is 5.68. The zero-order chi connectivity index (χ0) is 13.9. The molecule has 0 saturated carbocycles. The molecule has 0 aliphatic rings. The second kappa shape index (κ2) is 5.27. The molecule has 0 aliphatic carbocycles. The number of nitrogens with two attached hydrogens (primary N) is 1. The molecule has 0 saturated heterocycles. The molecule has 0 spiro atoms. The highest BCUT2D eigenvalue weighted by Gasteiger charge is 2.18. The number of anilines is 1. The molecule has 4 N–H and O–H groups in total. The second-order valence-electron chi connectivity index (χ2n) is 3.70. The Bertz CT molecular complexity index is 671. The first-order chi connectivity index (χ1) is 9.00. The molecule has 0 aromatic heterocycles. The molecule has 2 aromatic rings. The van der Waals surface area contributed by atoms with Gasteiger partial charge in [0.15, 0.2) is 0 Å². The van der Waals surface area contributed by atoms with Gasteiger partial charge < -0.3 is 10.2 Å². The number of nitrogens with one attached hydrogen (secondary N) is 1. The summed E-state index contributed by atoms with van der Waals surface area (Å²) in [5, 5.41) is 0. The third-order valence-electron chi connectivity index (χ3n) is 2.36. The van der Waals surface area contributed by atoms with E-state index in [9.17, 15) is 13.0 Å². The van der Waals surface area contributed by atoms with E-state index in [1.807, 2.05) is 0 Å². The fraction of sp³-hybridized carbons (Fsp3) is 0. The number of nitrogen functional groups attached to an aromatic ring is 1. The normalized spacial score (nSPS) is 11.1. The lowest BCUT2D eigenvalue weighted by Crippen LogP contribution is -2.08. The van der Waals surface area contributed by atoms with E-state index < -0.39 is 10.1 Å². The maximum atomic E-state index is 11.3. The molecule has 0 aliphatic heterocycles.